The van der Waals surface area contributed by atoms with Crippen molar-refractivity contribution in [2.45, 2.75) is 19.8 Å². The van der Waals surface area contributed by atoms with Crippen LogP contribution in [-0.4, -0.2) is 76.4 Å². The van der Waals surface area contributed by atoms with Gasteiger partial charge in [0.15, 0.2) is 17.4 Å². The van der Waals surface area contributed by atoms with E-state index in [1.165, 1.54) is 58.8 Å². The van der Waals surface area contributed by atoms with Gasteiger partial charge in [0.1, 0.15) is 6.42 Å². The van der Waals surface area contributed by atoms with Gasteiger partial charge in [-0.3, -0.25) is 39.4 Å². The average Bonchev–Trinajstić information content (AvgIpc) is 2.96. The number of ether oxygens (including phenoxy) is 6. The fourth-order valence-electron chi connectivity index (χ4n) is 2.69. The van der Waals surface area contributed by atoms with Gasteiger partial charge in [0.05, 0.1) is 52.5 Å². The number of esters is 4. The van der Waals surface area contributed by atoms with Gasteiger partial charge in [-0.2, -0.15) is 0 Å². The van der Waals surface area contributed by atoms with Gasteiger partial charge in [-0.15, -0.1) is 0 Å². The smallest absolute Gasteiger partial charge is 0.324 e. The number of carbonyl (C=O) groups excluding carboxylic acids is 4. The topological polar surface area (TPSA) is 210 Å². The van der Waals surface area contributed by atoms with Crippen LogP contribution in [-0.2, 0) is 38.1 Å². The minimum Gasteiger partial charge on any atom is -0.490 e. The van der Waals surface area contributed by atoms with Crippen molar-refractivity contribution in [1.82, 2.24) is 0 Å². The number of rotatable bonds is 9. The zero-order valence-electron chi connectivity index (χ0n) is 22.7. The molecule has 17 heteroatoms. The van der Waals surface area contributed by atoms with E-state index in [4.69, 9.17) is 21.1 Å². The molecule has 0 aliphatic carbocycles. The number of nitro groups is 2. The van der Waals surface area contributed by atoms with Crippen molar-refractivity contribution in [2.75, 3.05) is 42.7 Å². The molecule has 0 spiro atoms. The van der Waals surface area contributed by atoms with Crippen molar-refractivity contribution in [3.05, 3.63) is 67.2 Å². The zero-order valence-corrected chi connectivity index (χ0v) is 23.5. The van der Waals surface area contributed by atoms with Crippen molar-refractivity contribution in [3.63, 3.8) is 0 Å². The van der Waals surface area contributed by atoms with Gasteiger partial charge in [0, 0.05) is 23.2 Å². The fourth-order valence-corrected chi connectivity index (χ4v) is 2.86. The molecule has 0 bridgehead atoms. The highest BCUT2D eigenvalue weighted by Crippen LogP contribution is 2.31. The Kier molecular flexibility index (Phi) is 18.6. The van der Waals surface area contributed by atoms with Gasteiger partial charge in [-0.1, -0.05) is 25.1 Å². The summed E-state index contributed by atoms with van der Waals surface area (Å²) in [5.41, 5.74) is -0.169. The second-order valence-corrected chi connectivity index (χ2v) is 7.51. The van der Waals surface area contributed by atoms with Crippen molar-refractivity contribution < 1.29 is 57.4 Å². The molecule has 0 aliphatic rings. The lowest BCUT2D eigenvalue weighted by molar-refractivity contribution is -0.385. The van der Waals surface area contributed by atoms with E-state index in [1.54, 1.807) is 0 Å². The standard InChI is InChI=1S/C12H13NO7.C7H6ClNO3.C5H8O4.CH4/c1-18-9-6-7(4-5-8(9)13(16)17)10(11(14)19-2)12(15)20-3;1-12-7-4-5(8)2-3-6(7)9(10)11;1-8-4(6)3-5(7)9-2;/h4-6,10H,1-3H3;2-4H,1H3;3H2,1-2H3;1H4. The van der Waals surface area contributed by atoms with Crippen LogP contribution in [0.25, 0.3) is 0 Å². The normalized spacial score (nSPS) is 9.24. The number of carbonyl (C=O) groups is 4. The highest BCUT2D eigenvalue weighted by molar-refractivity contribution is 6.30. The van der Waals surface area contributed by atoms with Gasteiger partial charge in [0.25, 0.3) is 0 Å². The molecule has 232 valence electrons. The maximum absolute atomic E-state index is 11.6. The number of hydrogen-bond acceptors (Lipinski definition) is 14. The van der Waals surface area contributed by atoms with Crippen LogP contribution in [0.1, 0.15) is 25.3 Å². The Morgan fingerprint density at radius 3 is 1.48 bits per heavy atom. The number of methoxy groups -OCH3 is 6. The Hall–Kier alpha value is -4.99. The van der Waals surface area contributed by atoms with Crippen molar-refractivity contribution >= 4 is 46.9 Å². The second-order valence-electron chi connectivity index (χ2n) is 7.07. The summed E-state index contributed by atoms with van der Waals surface area (Å²) in [4.78, 5) is 63.8. The van der Waals surface area contributed by atoms with Crippen LogP contribution in [0.15, 0.2) is 36.4 Å². The number of halogens is 1. The molecule has 0 saturated carbocycles. The van der Waals surface area contributed by atoms with Gasteiger partial charge >= 0.3 is 35.3 Å². The summed E-state index contributed by atoms with van der Waals surface area (Å²) in [6.07, 6.45) is -0.312. The number of nitrogens with zero attached hydrogens (tertiary/aromatic N) is 2. The number of nitro benzene ring substituents is 2. The molecule has 0 unspecified atom stereocenters. The first-order valence-electron chi connectivity index (χ1n) is 10.9. The second kappa shape index (κ2) is 20.0. The molecule has 0 aliphatic heterocycles. The first kappa shape index (κ1) is 39.2. The predicted octanol–water partition coefficient (Wildman–Crippen LogP) is 3.65. The third-order valence-corrected chi connectivity index (χ3v) is 4.93. The van der Waals surface area contributed by atoms with E-state index < -0.39 is 39.6 Å². The molecule has 0 N–H and O–H groups in total. The molecule has 0 heterocycles. The third-order valence-electron chi connectivity index (χ3n) is 4.69. The summed E-state index contributed by atoms with van der Waals surface area (Å²) in [5.74, 6) is -4.03. The van der Waals surface area contributed by atoms with Crippen LogP contribution in [0.2, 0.25) is 5.02 Å². The zero-order chi connectivity index (χ0) is 31.7. The van der Waals surface area contributed by atoms with Crippen LogP contribution < -0.4 is 9.47 Å². The van der Waals surface area contributed by atoms with Crippen molar-refractivity contribution in [1.29, 1.82) is 0 Å². The van der Waals surface area contributed by atoms with Crippen molar-refractivity contribution in [3.8, 4) is 11.5 Å². The summed E-state index contributed by atoms with van der Waals surface area (Å²) in [5, 5.41) is 21.6. The van der Waals surface area contributed by atoms with E-state index in [1.807, 2.05) is 0 Å². The van der Waals surface area contributed by atoms with Gasteiger partial charge in [0.2, 0.25) is 0 Å². The van der Waals surface area contributed by atoms with Crippen LogP contribution in [0.5, 0.6) is 11.5 Å². The van der Waals surface area contributed by atoms with Gasteiger partial charge < -0.3 is 28.4 Å². The highest BCUT2D eigenvalue weighted by Gasteiger charge is 2.32. The van der Waals surface area contributed by atoms with E-state index >= 15 is 0 Å². The Morgan fingerprint density at radius 1 is 0.714 bits per heavy atom. The fraction of sp³-hybridized carbons (Fsp3) is 0.360. The molecule has 0 aromatic heterocycles. The lowest BCUT2D eigenvalue weighted by Gasteiger charge is -2.13. The van der Waals surface area contributed by atoms with Crippen molar-refractivity contribution in [2.24, 2.45) is 0 Å². The molecule has 16 nitrogen and oxygen atoms in total. The maximum atomic E-state index is 11.6. The Balaban J connectivity index is 0. The summed E-state index contributed by atoms with van der Waals surface area (Å²) >= 11 is 5.60. The number of hydrogen-bond donors (Lipinski definition) is 0. The van der Waals surface area contributed by atoms with Crippen LogP contribution in [0, 0.1) is 20.2 Å². The summed E-state index contributed by atoms with van der Waals surface area (Å²) in [6, 6.07) is 7.81. The lowest BCUT2D eigenvalue weighted by atomic mass is 9.98. The molecule has 0 atom stereocenters. The number of benzene rings is 2. The minimum absolute atomic E-state index is 0. The molecular formula is C25H31ClN2O14. The van der Waals surface area contributed by atoms with Gasteiger partial charge in [-0.25, -0.2) is 0 Å². The Labute approximate surface area is 245 Å². The third kappa shape index (κ3) is 12.5. The molecular weight excluding hydrogens is 588 g/mol. The van der Waals surface area contributed by atoms with Crippen LogP contribution >= 0.6 is 11.6 Å². The average molecular weight is 619 g/mol. The SMILES string of the molecule is C.COC(=O)C(C(=O)OC)c1ccc([N+](=O)[O-])c(OC)c1.COC(=O)CC(=O)OC.COc1cc(Cl)ccc1[N+](=O)[O-]. The lowest BCUT2D eigenvalue weighted by Crippen LogP contribution is -2.24. The molecule has 2 rings (SSSR count). The summed E-state index contributed by atoms with van der Waals surface area (Å²) in [6.45, 7) is 0. The van der Waals surface area contributed by atoms with E-state index in [9.17, 15) is 39.4 Å². The molecule has 0 amide bonds. The van der Waals surface area contributed by atoms with E-state index in [2.05, 4.69) is 18.9 Å². The molecule has 2 aromatic carbocycles. The van der Waals surface area contributed by atoms with Crippen LogP contribution in [0.4, 0.5) is 11.4 Å². The maximum Gasteiger partial charge on any atom is 0.324 e. The molecule has 0 radical (unpaired) electrons. The molecule has 42 heavy (non-hydrogen) atoms. The highest BCUT2D eigenvalue weighted by atomic mass is 35.5. The molecule has 2 aromatic rings. The largest absolute Gasteiger partial charge is 0.490 e. The predicted molar refractivity (Wildman–Crippen MR) is 146 cm³/mol. The first-order valence-corrected chi connectivity index (χ1v) is 11.3. The van der Waals surface area contributed by atoms with E-state index in [0.29, 0.717) is 5.02 Å². The van der Waals surface area contributed by atoms with Crippen LogP contribution in [0.3, 0.4) is 0 Å². The van der Waals surface area contributed by atoms with Gasteiger partial charge in [-0.05, 0) is 17.7 Å². The van der Waals surface area contributed by atoms with E-state index in [-0.39, 0.29) is 42.3 Å². The summed E-state index contributed by atoms with van der Waals surface area (Å²) in [7, 11) is 7.29. The Bertz CT molecular complexity index is 1220. The Morgan fingerprint density at radius 2 is 1.12 bits per heavy atom. The molecule has 0 saturated heterocycles. The summed E-state index contributed by atoms with van der Waals surface area (Å²) < 4.78 is 27.1. The monoisotopic (exact) mass is 618 g/mol. The first-order chi connectivity index (χ1) is 19.3. The quantitative estimate of drug-likeness (QED) is 0.129. The molecule has 0 fully saturated rings. The minimum atomic E-state index is -1.32. The van der Waals surface area contributed by atoms with E-state index in [0.717, 1.165) is 20.3 Å².